The van der Waals surface area contributed by atoms with E-state index >= 15 is 0 Å². The maximum atomic E-state index is 12.2. The van der Waals surface area contributed by atoms with E-state index < -0.39 is 0 Å². The summed E-state index contributed by atoms with van der Waals surface area (Å²) in [5.41, 5.74) is 6.36. The smallest absolute Gasteiger partial charge is 0.251 e. The summed E-state index contributed by atoms with van der Waals surface area (Å²) < 4.78 is 11.2. The maximum absolute atomic E-state index is 12.2. The number of rotatable bonds is 7. The molecule has 1 aromatic rings. The summed E-state index contributed by atoms with van der Waals surface area (Å²) >= 11 is 0. The van der Waals surface area contributed by atoms with Crippen LogP contribution in [0, 0.1) is 5.92 Å². The predicted molar refractivity (Wildman–Crippen MR) is 91.2 cm³/mol. The first-order valence-corrected chi connectivity index (χ1v) is 8.11. The van der Waals surface area contributed by atoms with Crippen molar-refractivity contribution in [3.63, 3.8) is 0 Å². The van der Waals surface area contributed by atoms with Crippen LogP contribution in [0.3, 0.4) is 0 Å². The molecule has 0 aromatic heterocycles. The first-order valence-electron chi connectivity index (χ1n) is 8.11. The Morgan fingerprint density at radius 2 is 2.04 bits per heavy atom. The van der Waals surface area contributed by atoms with Crippen LogP contribution in [0.15, 0.2) is 24.3 Å². The van der Waals surface area contributed by atoms with E-state index in [1.54, 1.807) is 12.1 Å². The van der Waals surface area contributed by atoms with E-state index in [0.29, 0.717) is 24.6 Å². The molecule has 1 aromatic carbocycles. The summed E-state index contributed by atoms with van der Waals surface area (Å²) in [7, 11) is 0. The van der Waals surface area contributed by atoms with Gasteiger partial charge in [-0.15, -0.1) is 12.4 Å². The lowest BCUT2D eigenvalue weighted by atomic mass is 10.1. The summed E-state index contributed by atoms with van der Waals surface area (Å²) in [6.07, 6.45) is 4.70. The van der Waals surface area contributed by atoms with Crippen molar-refractivity contribution in [1.82, 2.24) is 5.32 Å². The molecule has 2 aliphatic rings. The second kappa shape index (κ2) is 8.52. The number of carbonyl (C=O) groups is 1. The lowest BCUT2D eigenvalue weighted by Crippen LogP contribution is -2.41. The minimum absolute atomic E-state index is 0. The third-order valence-corrected chi connectivity index (χ3v) is 4.34. The molecule has 3 rings (SSSR count). The van der Waals surface area contributed by atoms with Crippen molar-refractivity contribution in [3.8, 4) is 5.75 Å². The molecule has 5 nitrogen and oxygen atoms in total. The van der Waals surface area contributed by atoms with E-state index in [2.05, 4.69) is 5.32 Å². The number of amides is 1. The summed E-state index contributed by atoms with van der Waals surface area (Å²) in [4.78, 5) is 12.2. The summed E-state index contributed by atoms with van der Waals surface area (Å²) in [6.45, 7) is 1.90. The number of benzene rings is 1. The van der Waals surface area contributed by atoms with E-state index in [4.69, 9.17) is 15.2 Å². The molecule has 2 atom stereocenters. The number of nitrogens with two attached hydrogens (primary N) is 1. The molecule has 1 saturated heterocycles. The van der Waals surface area contributed by atoms with Gasteiger partial charge in [-0.25, -0.2) is 0 Å². The molecular formula is C17H25ClN2O3. The Bertz CT molecular complexity index is 499. The molecule has 23 heavy (non-hydrogen) atoms. The molecule has 2 unspecified atom stereocenters. The highest BCUT2D eigenvalue weighted by Crippen LogP contribution is 2.32. The molecule has 6 heteroatoms. The molecule has 128 valence electrons. The zero-order chi connectivity index (χ0) is 15.4. The second-order valence-corrected chi connectivity index (χ2v) is 6.12. The quantitative estimate of drug-likeness (QED) is 0.797. The Kier molecular flexibility index (Phi) is 6.69. The van der Waals surface area contributed by atoms with Crippen LogP contribution in [0.1, 0.15) is 36.0 Å². The molecule has 1 aliphatic carbocycles. The molecular weight excluding hydrogens is 316 g/mol. The van der Waals surface area contributed by atoms with Gasteiger partial charge in [0, 0.05) is 24.8 Å². The van der Waals surface area contributed by atoms with E-state index in [-0.39, 0.29) is 30.5 Å². The van der Waals surface area contributed by atoms with Gasteiger partial charge in [0.15, 0.2) is 0 Å². The van der Waals surface area contributed by atoms with E-state index in [1.165, 1.54) is 0 Å². The van der Waals surface area contributed by atoms with Crippen LogP contribution < -0.4 is 15.8 Å². The first kappa shape index (κ1) is 18.0. The number of halogens is 1. The summed E-state index contributed by atoms with van der Waals surface area (Å²) in [6, 6.07) is 7.35. The Morgan fingerprint density at radius 1 is 1.30 bits per heavy atom. The number of hydrogen-bond acceptors (Lipinski definition) is 4. The van der Waals surface area contributed by atoms with Gasteiger partial charge < -0.3 is 20.5 Å². The highest BCUT2D eigenvalue weighted by atomic mass is 35.5. The molecule has 1 aliphatic heterocycles. The van der Waals surface area contributed by atoms with Gasteiger partial charge in [0.2, 0.25) is 0 Å². The van der Waals surface area contributed by atoms with E-state index in [0.717, 1.165) is 38.0 Å². The van der Waals surface area contributed by atoms with Gasteiger partial charge in [-0.05, 0) is 55.9 Å². The minimum Gasteiger partial charge on any atom is -0.491 e. The van der Waals surface area contributed by atoms with Gasteiger partial charge in [-0.1, -0.05) is 0 Å². The van der Waals surface area contributed by atoms with Crippen LogP contribution in [-0.2, 0) is 4.74 Å². The highest BCUT2D eigenvalue weighted by molar-refractivity contribution is 5.94. The normalized spacial score (nSPS) is 21.3. The van der Waals surface area contributed by atoms with Crippen LogP contribution in [0.2, 0.25) is 0 Å². The van der Waals surface area contributed by atoms with Crippen molar-refractivity contribution < 1.29 is 14.3 Å². The number of nitrogens with one attached hydrogen (secondary N) is 1. The zero-order valence-corrected chi connectivity index (χ0v) is 14.0. The molecule has 1 amide bonds. The standard InChI is InChI=1S/C17H24N2O3.ClH/c18-10-16(12-3-4-12)19-17(20)13-5-7-14(8-6-13)22-11-15-2-1-9-21-15;/h5-8,12,15-16H,1-4,9-11,18H2,(H,19,20);1H. The third kappa shape index (κ3) is 5.09. The molecule has 0 bridgehead atoms. The first-order chi connectivity index (χ1) is 10.8. The Morgan fingerprint density at radius 3 is 2.61 bits per heavy atom. The van der Waals surface area contributed by atoms with Crippen LogP contribution in [-0.4, -0.2) is 37.8 Å². The number of carbonyl (C=O) groups excluding carboxylic acids is 1. The van der Waals surface area contributed by atoms with Gasteiger partial charge in [0.05, 0.1) is 6.10 Å². The predicted octanol–water partition coefficient (Wildman–Crippen LogP) is 2.13. The second-order valence-electron chi connectivity index (χ2n) is 6.12. The zero-order valence-electron chi connectivity index (χ0n) is 13.2. The van der Waals surface area contributed by atoms with Crippen molar-refractivity contribution in [1.29, 1.82) is 0 Å². The largest absolute Gasteiger partial charge is 0.491 e. The monoisotopic (exact) mass is 340 g/mol. The van der Waals surface area contributed by atoms with Crippen LogP contribution in [0.25, 0.3) is 0 Å². The third-order valence-electron chi connectivity index (χ3n) is 4.34. The summed E-state index contributed by atoms with van der Waals surface area (Å²) in [5, 5.41) is 3.02. The van der Waals surface area contributed by atoms with Gasteiger partial charge in [-0.3, -0.25) is 4.79 Å². The minimum atomic E-state index is -0.0620. The molecule has 0 radical (unpaired) electrons. The van der Waals surface area contributed by atoms with Gasteiger partial charge in [0.25, 0.3) is 5.91 Å². The van der Waals surface area contributed by atoms with Crippen molar-refractivity contribution in [2.24, 2.45) is 11.7 Å². The average molecular weight is 341 g/mol. The lowest BCUT2D eigenvalue weighted by Gasteiger charge is -2.16. The molecule has 3 N–H and O–H groups in total. The SMILES string of the molecule is Cl.NCC(NC(=O)c1ccc(OCC2CCCO2)cc1)C1CC1. The van der Waals surface area contributed by atoms with Crippen molar-refractivity contribution in [2.45, 2.75) is 37.8 Å². The van der Waals surface area contributed by atoms with Crippen LogP contribution >= 0.6 is 12.4 Å². The molecule has 1 heterocycles. The van der Waals surface area contributed by atoms with Crippen molar-refractivity contribution >= 4 is 18.3 Å². The van der Waals surface area contributed by atoms with Gasteiger partial charge in [0.1, 0.15) is 12.4 Å². The van der Waals surface area contributed by atoms with E-state index in [9.17, 15) is 4.79 Å². The average Bonchev–Trinajstić information content (AvgIpc) is 3.26. The fourth-order valence-electron chi connectivity index (χ4n) is 2.79. The van der Waals surface area contributed by atoms with Crippen LogP contribution in [0.4, 0.5) is 0 Å². The number of ether oxygens (including phenoxy) is 2. The summed E-state index contributed by atoms with van der Waals surface area (Å²) in [5.74, 6) is 1.26. The Hall–Kier alpha value is -1.30. The van der Waals surface area contributed by atoms with E-state index in [1.807, 2.05) is 12.1 Å². The molecule has 0 spiro atoms. The van der Waals surface area contributed by atoms with Crippen molar-refractivity contribution in [3.05, 3.63) is 29.8 Å². The van der Waals surface area contributed by atoms with Crippen molar-refractivity contribution in [2.75, 3.05) is 19.8 Å². The number of hydrogen-bond donors (Lipinski definition) is 2. The molecule has 1 saturated carbocycles. The van der Waals surface area contributed by atoms with Gasteiger partial charge >= 0.3 is 0 Å². The fourth-order valence-corrected chi connectivity index (χ4v) is 2.79. The highest BCUT2D eigenvalue weighted by Gasteiger charge is 2.31. The van der Waals surface area contributed by atoms with Crippen LogP contribution in [0.5, 0.6) is 5.75 Å². The van der Waals surface area contributed by atoms with Gasteiger partial charge in [-0.2, -0.15) is 0 Å². The molecule has 2 fully saturated rings. The Labute approximate surface area is 143 Å². The topological polar surface area (TPSA) is 73.6 Å². The lowest BCUT2D eigenvalue weighted by molar-refractivity contribution is 0.0679. The fraction of sp³-hybridized carbons (Fsp3) is 0.588. The maximum Gasteiger partial charge on any atom is 0.251 e. The Balaban J connectivity index is 0.00000192.